The van der Waals surface area contributed by atoms with Crippen LogP contribution in [0.1, 0.15) is 72.3 Å². The Hall–Kier alpha value is -3.48. The number of nitrogens with zero attached hydrogens (tertiary/aromatic N) is 5. The van der Waals surface area contributed by atoms with E-state index in [1.165, 1.54) is 35.2 Å². The Balaban J connectivity index is 1.57. The van der Waals surface area contributed by atoms with E-state index in [9.17, 15) is 4.79 Å². The molecule has 2 aromatic heterocycles. The maximum Gasteiger partial charge on any atom is 0.254 e. The van der Waals surface area contributed by atoms with Crippen LogP contribution in [0.3, 0.4) is 0 Å². The van der Waals surface area contributed by atoms with Crippen LogP contribution in [-0.4, -0.2) is 31.7 Å². The lowest BCUT2D eigenvalue weighted by atomic mass is 9.95. The lowest BCUT2D eigenvalue weighted by Gasteiger charge is -2.37. The van der Waals surface area contributed by atoms with Gasteiger partial charge in [-0.1, -0.05) is 31.0 Å². The SMILES string of the molecule is Cc1cc2cc([C@@H](c3nnnn3C3CCCC3)N3CCCc4ccccc43)c(=O)[nH]c2cc1C. The summed E-state index contributed by atoms with van der Waals surface area (Å²) in [4.78, 5) is 19.1. The summed E-state index contributed by atoms with van der Waals surface area (Å²) in [5.74, 6) is 0.761. The minimum absolute atomic E-state index is 0.0789. The van der Waals surface area contributed by atoms with Gasteiger partial charge in [-0.15, -0.1) is 5.10 Å². The zero-order chi connectivity index (χ0) is 23.2. The molecule has 3 heterocycles. The van der Waals surface area contributed by atoms with Crippen LogP contribution in [0, 0.1) is 13.8 Å². The molecule has 1 aliphatic carbocycles. The molecule has 0 unspecified atom stereocenters. The largest absolute Gasteiger partial charge is 0.357 e. The van der Waals surface area contributed by atoms with E-state index in [0.717, 1.165) is 49.0 Å². The van der Waals surface area contributed by atoms with Gasteiger partial charge in [-0.05, 0) is 96.3 Å². The maximum atomic E-state index is 13.6. The number of benzene rings is 2. The third-order valence-electron chi connectivity index (χ3n) is 7.67. The first-order valence-electron chi connectivity index (χ1n) is 12.4. The second-order valence-electron chi connectivity index (χ2n) is 9.83. The monoisotopic (exact) mass is 454 g/mol. The summed E-state index contributed by atoms with van der Waals surface area (Å²) in [6, 6.07) is 14.7. The highest BCUT2D eigenvalue weighted by Gasteiger charge is 2.35. The molecule has 0 radical (unpaired) electrons. The first kappa shape index (κ1) is 21.1. The summed E-state index contributed by atoms with van der Waals surface area (Å²) in [5, 5.41) is 14.1. The number of anilines is 1. The number of rotatable bonds is 4. The summed E-state index contributed by atoms with van der Waals surface area (Å²) in [6.07, 6.45) is 6.61. The van der Waals surface area contributed by atoms with Gasteiger partial charge in [0, 0.05) is 23.3 Å². The third kappa shape index (κ3) is 3.50. The number of hydrogen-bond acceptors (Lipinski definition) is 5. The molecule has 4 aromatic rings. The molecule has 2 aliphatic rings. The van der Waals surface area contributed by atoms with E-state index in [0.29, 0.717) is 5.56 Å². The Kier molecular flexibility index (Phi) is 5.20. The van der Waals surface area contributed by atoms with Gasteiger partial charge in [0.15, 0.2) is 5.82 Å². The Labute approximate surface area is 198 Å². The molecular weight excluding hydrogens is 424 g/mol. The van der Waals surface area contributed by atoms with Crippen LogP contribution in [0.2, 0.25) is 0 Å². The maximum absolute atomic E-state index is 13.6. The first-order valence-corrected chi connectivity index (χ1v) is 12.4. The molecule has 1 saturated carbocycles. The third-order valence-corrected chi connectivity index (χ3v) is 7.67. The summed E-state index contributed by atoms with van der Waals surface area (Å²) < 4.78 is 2.00. The average molecular weight is 455 g/mol. The minimum Gasteiger partial charge on any atom is -0.357 e. The molecule has 0 bridgehead atoms. The number of hydrogen-bond donors (Lipinski definition) is 1. The van der Waals surface area contributed by atoms with Crippen molar-refractivity contribution in [3.05, 3.63) is 80.9 Å². The number of para-hydroxylation sites is 1. The number of aryl methyl sites for hydroxylation is 3. The molecule has 0 saturated heterocycles. The summed E-state index contributed by atoms with van der Waals surface area (Å²) in [5.41, 5.74) is 6.33. The van der Waals surface area contributed by atoms with E-state index in [-0.39, 0.29) is 17.6 Å². The zero-order valence-electron chi connectivity index (χ0n) is 19.8. The topological polar surface area (TPSA) is 79.7 Å². The number of aromatic amines is 1. The molecule has 0 amide bonds. The van der Waals surface area contributed by atoms with Crippen molar-refractivity contribution in [2.24, 2.45) is 0 Å². The van der Waals surface area contributed by atoms with Gasteiger partial charge in [0.2, 0.25) is 0 Å². The summed E-state index contributed by atoms with van der Waals surface area (Å²) in [7, 11) is 0. The molecule has 1 aliphatic heterocycles. The molecule has 0 spiro atoms. The predicted molar refractivity (Wildman–Crippen MR) is 133 cm³/mol. The smallest absolute Gasteiger partial charge is 0.254 e. The van der Waals surface area contributed by atoms with Crippen molar-refractivity contribution in [1.29, 1.82) is 0 Å². The molecule has 7 nitrogen and oxygen atoms in total. The van der Waals surface area contributed by atoms with Crippen molar-refractivity contribution in [3.8, 4) is 0 Å². The molecular formula is C27H30N6O. The van der Waals surface area contributed by atoms with Crippen LogP contribution in [-0.2, 0) is 6.42 Å². The molecule has 2 aromatic carbocycles. The molecule has 1 atom stereocenters. The lowest BCUT2D eigenvalue weighted by molar-refractivity contribution is 0.425. The fourth-order valence-corrected chi connectivity index (χ4v) is 5.76. The number of tetrazole rings is 1. The van der Waals surface area contributed by atoms with Crippen LogP contribution in [0.4, 0.5) is 5.69 Å². The molecule has 34 heavy (non-hydrogen) atoms. The normalized spacial score (nSPS) is 17.3. The van der Waals surface area contributed by atoms with Crippen molar-refractivity contribution < 1.29 is 0 Å². The van der Waals surface area contributed by atoms with Gasteiger partial charge < -0.3 is 9.88 Å². The van der Waals surface area contributed by atoms with Crippen LogP contribution in [0.15, 0.2) is 47.3 Å². The average Bonchev–Trinajstić information content (AvgIpc) is 3.53. The second kappa shape index (κ2) is 8.38. The Morgan fingerprint density at radius 3 is 2.68 bits per heavy atom. The van der Waals surface area contributed by atoms with Gasteiger partial charge >= 0.3 is 0 Å². The van der Waals surface area contributed by atoms with Crippen LogP contribution < -0.4 is 10.5 Å². The van der Waals surface area contributed by atoms with Gasteiger partial charge in [-0.3, -0.25) is 4.79 Å². The molecule has 1 fully saturated rings. The van der Waals surface area contributed by atoms with E-state index < -0.39 is 0 Å². The lowest BCUT2D eigenvalue weighted by Crippen LogP contribution is -2.38. The summed E-state index contributed by atoms with van der Waals surface area (Å²) >= 11 is 0. The minimum atomic E-state index is -0.355. The number of nitrogens with one attached hydrogen (secondary N) is 1. The van der Waals surface area contributed by atoms with Crippen LogP contribution in [0.25, 0.3) is 10.9 Å². The van der Waals surface area contributed by atoms with E-state index in [1.807, 2.05) is 4.68 Å². The Bertz CT molecular complexity index is 1410. The quantitative estimate of drug-likeness (QED) is 0.480. The number of H-pyrrole nitrogens is 1. The van der Waals surface area contributed by atoms with E-state index in [2.05, 4.69) is 81.7 Å². The Morgan fingerprint density at radius 1 is 1.03 bits per heavy atom. The van der Waals surface area contributed by atoms with Crippen molar-refractivity contribution in [3.63, 3.8) is 0 Å². The fourth-order valence-electron chi connectivity index (χ4n) is 5.76. The predicted octanol–water partition coefficient (Wildman–Crippen LogP) is 4.79. The highest BCUT2D eigenvalue weighted by molar-refractivity contribution is 5.81. The zero-order valence-corrected chi connectivity index (χ0v) is 19.8. The highest BCUT2D eigenvalue weighted by Crippen LogP contribution is 2.39. The van der Waals surface area contributed by atoms with Gasteiger partial charge in [-0.25, -0.2) is 4.68 Å². The van der Waals surface area contributed by atoms with Gasteiger partial charge in [0.1, 0.15) is 6.04 Å². The number of fused-ring (bicyclic) bond motifs is 2. The highest BCUT2D eigenvalue weighted by atomic mass is 16.1. The number of pyridine rings is 1. The molecule has 7 heteroatoms. The second-order valence-corrected chi connectivity index (χ2v) is 9.83. The van der Waals surface area contributed by atoms with Crippen molar-refractivity contribution in [1.82, 2.24) is 25.2 Å². The van der Waals surface area contributed by atoms with E-state index >= 15 is 0 Å². The van der Waals surface area contributed by atoms with Crippen LogP contribution in [0.5, 0.6) is 0 Å². The molecule has 174 valence electrons. The first-order chi connectivity index (χ1) is 16.6. The van der Waals surface area contributed by atoms with Gasteiger partial charge in [-0.2, -0.15) is 0 Å². The van der Waals surface area contributed by atoms with Gasteiger partial charge in [0.25, 0.3) is 5.56 Å². The van der Waals surface area contributed by atoms with Crippen molar-refractivity contribution >= 4 is 16.6 Å². The number of aromatic nitrogens is 5. The van der Waals surface area contributed by atoms with E-state index in [4.69, 9.17) is 0 Å². The fraction of sp³-hybridized carbons (Fsp3) is 0.407. The van der Waals surface area contributed by atoms with E-state index in [1.54, 1.807) is 0 Å². The summed E-state index contributed by atoms with van der Waals surface area (Å²) in [6.45, 7) is 5.03. The van der Waals surface area contributed by atoms with Crippen molar-refractivity contribution in [2.45, 2.75) is 64.5 Å². The Morgan fingerprint density at radius 2 is 1.82 bits per heavy atom. The standard InChI is InChI=1S/C27H30N6O/c1-17-14-20-16-22(27(34)28-23(20)15-18(17)2)25(26-29-30-31-33(26)21-10-4-5-11-21)32-13-7-9-19-8-3-6-12-24(19)32/h3,6,8,12,14-16,21,25H,4-5,7,9-11,13H2,1-2H3,(H,28,34)/t25-/m0/s1. The molecule has 1 N–H and O–H groups in total. The molecule has 6 rings (SSSR count). The van der Waals surface area contributed by atoms with Crippen molar-refractivity contribution in [2.75, 3.05) is 11.4 Å². The van der Waals surface area contributed by atoms with Crippen LogP contribution >= 0.6 is 0 Å². The van der Waals surface area contributed by atoms with Gasteiger partial charge in [0.05, 0.1) is 6.04 Å².